The maximum absolute atomic E-state index is 12.5. The Morgan fingerprint density at radius 2 is 2.09 bits per heavy atom. The van der Waals surface area contributed by atoms with Gasteiger partial charge in [-0.15, -0.1) is 0 Å². The minimum Gasteiger partial charge on any atom is -0.345 e. The van der Waals surface area contributed by atoms with Crippen LogP contribution in [0.4, 0.5) is 13.2 Å². The minimum atomic E-state index is -4.53. The predicted molar refractivity (Wildman–Crippen MR) is 77.2 cm³/mol. The zero-order valence-electron chi connectivity index (χ0n) is 11.7. The Morgan fingerprint density at radius 1 is 1.39 bits per heavy atom. The first-order chi connectivity index (χ1) is 10.7. The van der Waals surface area contributed by atoms with E-state index in [-0.39, 0.29) is 10.6 Å². The molecule has 0 fully saturated rings. The van der Waals surface area contributed by atoms with Crippen molar-refractivity contribution in [1.29, 1.82) is 0 Å². The number of amides is 1. The summed E-state index contributed by atoms with van der Waals surface area (Å²) in [5, 5.41) is 2.68. The second-order valence-electron chi connectivity index (χ2n) is 4.73. The number of nitrogens with zero attached hydrogens (tertiary/aromatic N) is 1. The molecule has 0 aliphatic rings. The number of aromatic nitrogens is 2. The van der Waals surface area contributed by atoms with E-state index in [1.165, 1.54) is 18.3 Å². The van der Waals surface area contributed by atoms with Crippen LogP contribution < -0.4 is 10.9 Å². The molecule has 122 valence electrons. The molecule has 0 radical (unpaired) electrons. The van der Waals surface area contributed by atoms with Crippen molar-refractivity contribution in [2.75, 3.05) is 0 Å². The lowest BCUT2D eigenvalue weighted by atomic mass is 10.1. The smallest absolute Gasteiger partial charge is 0.345 e. The van der Waals surface area contributed by atoms with Crippen molar-refractivity contribution in [2.45, 2.75) is 19.1 Å². The number of hydrogen-bond acceptors (Lipinski definition) is 3. The van der Waals surface area contributed by atoms with Crippen LogP contribution in [0.3, 0.4) is 0 Å². The quantitative estimate of drug-likeness (QED) is 0.898. The summed E-state index contributed by atoms with van der Waals surface area (Å²) >= 11 is 5.71. The van der Waals surface area contributed by atoms with Crippen molar-refractivity contribution in [3.05, 3.63) is 62.8 Å². The number of nitrogens with one attached hydrogen (secondary N) is 2. The van der Waals surface area contributed by atoms with Crippen molar-refractivity contribution < 1.29 is 18.0 Å². The Kier molecular flexibility index (Phi) is 4.74. The van der Waals surface area contributed by atoms with Gasteiger partial charge in [0.15, 0.2) is 0 Å². The fourth-order valence-corrected chi connectivity index (χ4v) is 1.98. The predicted octanol–water partition coefficient (Wildman–Crippen LogP) is 2.93. The van der Waals surface area contributed by atoms with Crippen molar-refractivity contribution in [3.63, 3.8) is 0 Å². The van der Waals surface area contributed by atoms with Crippen LogP contribution in [0.5, 0.6) is 0 Å². The number of hydrogen-bond donors (Lipinski definition) is 2. The third kappa shape index (κ3) is 4.10. The van der Waals surface area contributed by atoms with Gasteiger partial charge in [0.05, 0.1) is 11.1 Å². The van der Waals surface area contributed by atoms with Crippen molar-refractivity contribution in [1.82, 2.24) is 15.3 Å². The molecule has 0 aliphatic carbocycles. The van der Waals surface area contributed by atoms with Crippen molar-refractivity contribution in [2.24, 2.45) is 0 Å². The van der Waals surface area contributed by atoms with E-state index in [9.17, 15) is 22.8 Å². The summed E-state index contributed by atoms with van der Waals surface area (Å²) in [5.74, 6) is -0.693. The largest absolute Gasteiger partial charge is 0.433 e. The molecule has 0 aliphatic heterocycles. The van der Waals surface area contributed by atoms with Gasteiger partial charge in [-0.05, 0) is 24.6 Å². The zero-order chi connectivity index (χ0) is 17.2. The molecule has 23 heavy (non-hydrogen) atoms. The molecule has 2 N–H and O–H groups in total. The highest BCUT2D eigenvalue weighted by atomic mass is 35.5. The van der Waals surface area contributed by atoms with Crippen LogP contribution in [-0.2, 0) is 6.18 Å². The Bertz CT molecular complexity index is 772. The standard InChI is InChI=1S/C14H11ClF3N3O2/c1-7(8-2-3-11(19-5-8)14(16,17)18)21-13(23)10-4-9(15)6-20-12(10)22/h2-7H,1H3,(H,20,22)(H,21,23)/t7-/m1/s1. The first-order valence-electron chi connectivity index (χ1n) is 6.40. The molecule has 0 saturated heterocycles. The van der Waals surface area contributed by atoms with Crippen LogP contribution in [0.2, 0.25) is 5.02 Å². The molecule has 0 spiro atoms. The number of carbonyl (C=O) groups excluding carboxylic acids is 1. The summed E-state index contributed by atoms with van der Waals surface area (Å²) in [7, 11) is 0. The number of H-pyrrole nitrogens is 1. The molecule has 0 bridgehead atoms. The fourth-order valence-electron chi connectivity index (χ4n) is 1.81. The van der Waals surface area contributed by atoms with Gasteiger partial charge in [0.2, 0.25) is 0 Å². The van der Waals surface area contributed by atoms with E-state index in [0.29, 0.717) is 5.56 Å². The van der Waals surface area contributed by atoms with Gasteiger partial charge in [-0.2, -0.15) is 13.2 Å². The first-order valence-corrected chi connectivity index (χ1v) is 6.78. The number of carbonyl (C=O) groups is 1. The first kappa shape index (κ1) is 17.0. The van der Waals surface area contributed by atoms with Crippen molar-refractivity contribution in [3.8, 4) is 0 Å². The summed E-state index contributed by atoms with van der Waals surface area (Å²) in [6.45, 7) is 1.56. The van der Waals surface area contributed by atoms with E-state index >= 15 is 0 Å². The van der Waals surface area contributed by atoms with Crippen LogP contribution in [0.1, 0.15) is 34.6 Å². The molecule has 2 rings (SSSR count). The number of halogens is 4. The summed E-state index contributed by atoms with van der Waals surface area (Å²) in [4.78, 5) is 29.2. The highest BCUT2D eigenvalue weighted by molar-refractivity contribution is 6.30. The molecule has 2 heterocycles. The van der Waals surface area contributed by atoms with E-state index in [1.807, 2.05) is 0 Å². The topological polar surface area (TPSA) is 74.8 Å². The highest BCUT2D eigenvalue weighted by Crippen LogP contribution is 2.27. The second-order valence-corrected chi connectivity index (χ2v) is 5.17. The number of rotatable bonds is 3. The van der Waals surface area contributed by atoms with Gasteiger partial charge in [0.1, 0.15) is 11.3 Å². The number of aromatic amines is 1. The summed E-state index contributed by atoms with van der Waals surface area (Å²) < 4.78 is 37.4. The molecule has 9 heteroatoms. The lowest BCUT2D eigenvalue weighted by molar-refractivity contribution is -0.141. The van der Waals surface area contributed by atoms with Gasteiger partial charge in [0.25, 0.3) is 11.5 Å². The van der Waals surface area contributed by atoms with Gasteiger partial charge in [0, 0.05) is 12.4 Å². The van der Waals surface area contributed by atoms with E-state index < -0.39 is 29.4 Å². The van der Waals surface area contributed by atoms with Crippen LogP contribution in [0.25, 0.3) is 0 Å². The van der Waals surface area contributed by atoms with E-state index in [1.54, 1.807) is 6.92 Å². The third-order valence-electron chi connectivity index (χ3n) is 3.04. The average Bonchev–Trinajstić information content (AvgIpc) is 2.48. The Labute approximate surface area is 133 Å². The van der Waals surface area contributed by atoms with E-state index in [2.05, 4.69) is 15.3 Å². The molecule has 5 nitrogen and oxygen atoms in total. The molecule has 0 unspecified atom stereocenters. The zero-order valence-corrected chi connectivity index (χ0v) is 12.5. The Balaban J connectivity index is 2.15. The van der Waals surface area contributed by atoms with Gasteiger partial charge < -0.3 is 10.3 Å². The van der Waals surface area contributed by atoms with Crippen LogP contribution in [0.15, 0.2) is 35.4 Å². The molecule has 0 saturated carbocycles. The molecule has 2 aromatic heterocycles. The fraction of sp³-hybridized carbons (Fsp3) is 0.214. The normalized spacial score (nSPS) is 12.7. The lowest BCUT2D eigenvalue weighted by Gasteiger charge is -2.14. The molecule has 1 atom stereocenters. The average molecular weight is 346 g/mol. The van der Waals surface area contributed by atoms with E-state index in [4.69, 9.17) is 11.6 Å². The Morgan fingerprint density at radius 3 is 2.65 bits per heavy atom. The lowest BCUT2D eigenvalue weighted by Crippen LogP contribution is -2.31. The molecular formula is C14H11ClF3N3O2. The highest BCUT2D eigenvalue weighted by Gasteiger charge is 2.32. The number of alkyl halides is 3. The third-order valence-corrected chi connectivity index (χ3v) is 3.26. The molecular weight excluding hydrogens is 335 g/mol. The summed E-state index contributed by atoms with van der Waals surface area (Å²) in [6.07, 6.45) is -2.26. The Hall–Kier alpha value is -2.35. The van der Waals surface area contributed by atoms with E-state index in [0.717, 1.165) is 12.3 Å². The van der Waals surface area contributed by atoms with Crippen LogP contribution in [-0.4, -0.2) is 15.9 Å². The maximum Gasteiger partial charge on any atom is 0.433 e. The van der Waals surface area contributed by atoms with Crippen molar-refractivity contribution >= 4 is 17.5 Å². The SMILES string of the molecule is C[C@@H](NC(=O)c1cc(Cl)c[nH]c1=O)c1ccc(C(F)(F)F)nc1. The number of pyridine rings is 2. The summed E-state index contributed by atoms with van der Waals surface area (Å²) in [5.41, 5.74) is -1.47. The summed E-state index contributed by atoms with van der Waals surface area (Å²) in [6, 6.07) is 2.59. The maximum atomic E-state index is 12.5. The second kappa shape index (κ2) is 6.41. The minimum absolute atomic E-state index is 0.179. The van der Waals surface area contributed by atoms with Gasteiger partial charge in [-0.25, -0.2) is 0 Å². The molecule has 2 aromatic rings. The van der Waals surface area contributed by atoms with Crippen LogP contribution in [0, 0.1) is 0 Å². The van der Waals surface area contributed by atoms with Gasteiger partial charge in [-0.1, -0.05) is 17.7 Å². The van der Waals surface area contributed by atoms with Crippen LogP contribution >= 0.6 is 11.6 Å². The van der Waals surface area contributed by atoms with Gasteiger partial charge in [-0.3, -0.25) is 14.6 Å². The molecule has 1 amide bonds. The molecule has 0 aromatic carbocycles. The monoisotopic (exact) mass is 345 g/mol. The van der Waals surface area contributed by atoms with Gasteiger partial charge >= 0.3 is 6.18 Å².